The topological polar surface area (TPSA) is 0 Å². The summed E-state index contributed by atoms with van der Waals surface area (Å²) in [6.45, 7) is 8.24. The molecule has 0 aromatic carbocycles. The van der Waals surface area contributed by atoms with Crippen LogP contribution in [0.5, 0.6) is 0 Å². The zero-order valence-corrected chi connectivity index (χ0v) is 7.31. The van der Waals surface area contributed by atoms with Gasteiger partial charge >= 0.3 is 0 Å². The minimum atomic E-state index is 1.35. The van der Waals surface area contributed by atoms with Gasteiger partial charge in [0, 0.05) is 0 Å². The van der Waals surface area contributed by atoms with Crippen LogP contribution in [0, 0.1) is 0 Å². The first-order chi connectivity index (χ1) is 4.80. The first-order valence-corrected chi connectivity index (χ1v) is 3.83. The van der Waals surface area contributed by atoms with Crippen molar-refractivity contribution < 1.29 is 0 Å². The van der Waals surface area contributed by atoms with Gasteiger partial charge < -0.3 is 0 Å². The van der Waals surface area contributed by atoms with Crippen molar-refractivity contribution in [2.45, 2.75) is 27.7 Å². The summed E-state index contributed by atoms with van der Waals surface area (Å²) >= 11 is 0. The summed E-state index contributed by atoms with van der Waals surface area (Å²) in [7, 11) is 0. The van der Waals surface area contributed by atoms with Crippen LogP contribution in [0.1, 0.15) is 27.7 Å². The van der Waals surface area contributed by atoms with Gasteiger partial charge in [0.2, 0.25) is 0 Å². The molecule has 56 valence electrons. The van der Waals surface area contributed by atoms with Crippen molar-refractivity contribution in [3.05, 3.63) is 35.5 Å². The van der Waals surface area contributed by atoms with Crippen molar-refractivity contribution >= 4 is 0 Å². The molecular formula is C10H16. The van der Waals surface area contributed by atoms with E-state index in [-0.39, 0.29) is 0 Å². The van der Waals surface area contributed by atoms with Gasteiger partial charge in [-0.2, -0.15) is 0 Å². The average Bonchev–Trinajstić information content (AvgIpc) is 2.42. The van der Waals surface area contributed by atoms with E-state index in [2.05, 4.69) is 38.2 Å². The molecule has 0 N–H and O–H groups in total. The van der Waals surface area contributed by atoms with Gasteiger partial charge in [0.25, 0.3) is 0 Å². The Hall–Kier alpha value is -0.780. The molecular weight excluding hydrogens is 120 g/mol. The highest BCUT2D eigenvalue weighted by Gasteiger charge is 1.90. The highest BCUT2D eigenvalue weighted by atomic mass is 14.0. The van der Waals surface area contributed by atoms with Crippen LogP contribution in [0.3, 0.4) is 0 Å². The molecule has 0 saturated carbocycles. The third-order valence-corrected chi connectivity index (χ3v) is 1.24. The van der Waals surface area contributed by atoms with E-state index in [9.17, 15) is 0 Å². The van der Waals surface area contributed by atoms with Crippen molar-refractivity contribution in [2.75, 3.05) is 0 Å². The van der Waals surface area contributed by atoms with Crippen LogP contribution in [-0.2, 0) is 0 Å². The minimum Gasteiger partial charge on any atom is -0.0692 e. The fourth-order valence-corrected chi connectivity index (χ4v) is 0.707. The Balaban J connectivity index is 0.000000371. The molecule has 0 amide bonds. The van der Waals surface area contributed by atoms with Crippen LogP contribution >= 0.6 is 0 Å². The van der Waals surface area contributed by atoms with Crippen molar-refractivity contribution in [3.63, 3.8) is 0 Å². The molecule has 0 fully saturated rings. The lowest BCUT2D eigenvalue weighted by molar-refractivity contribution is 1.35. The van der Waals surface area contributed by atoms with Gasteiger partial charge in [-0.15, -0.1) is 0 Å². The fraction of sp³-hybridized carbons (Fsp3) is 0.400. The highest BCUT2D eigenvalue weighted by Crippen LogP contribution is 2.11. The molecule has 0 aliphatic heterocycles. The SMILES string of the molecule is CC.CC(C)=C1C=CC=C1. The van der Waals surface area contributed by atoms with Crippen LogP contribution in [0.4, 0.5) is 0 Å². The number of hydrogen-bond donors (Lipinski definition) is 0. The van der Waals surface area contributed by atoms with Gasteiger partial charge in [-0.3, -0.25) is 0 Å². The molecule has 0 heterocycles. The summed E-state index contributed by atoms with van der Waals surface area (Å²) in [5.41, 5.74) is 2.74. The van der Waals surface area contributed by atoms with E-state index < -0.39 is 0 Å². The normalized spacial score (nSPS) is 13.0. The van der Waals surface area contributed by atoms with Crippen LogP contribution in [-0.4, -0.2) is 0 Å². The predicted octanol–water partition coefficient (Wildman–Crippen LogP) is 3.48. The molecule has 1 aliphatic carbocycles. The minimum absolute atomic E-state index is 1.35. The van der Waals surface area contributed by atoms with Gasteiger partial charge in [0.15, 0.2) is 0 Å². The first-order valence-electron chi connectivity index (χ1n) is 3.83. The summed E-state index contributed by atoms with van der Waals surface area (Å²) in [4.78, 5) is 0. The molecule has 0 aromatic heterocycles. The molecule has 0 unspecified atom stereocenters. The van der Waals surface area contributed by atoms with Crippen molar-refractivity contribution in [1.82, 2.24) is 0 Å². The zero-order valence-electron chi connectivity index (χ0n) is 7.31. The average molecular weight is 136 g/mol. The zero-order chi connectivity index (χ0) is 7.98. The maximum atomic E-state index is 2.12. The summed E-state index contributed by atoms with van der Waals surface area (Å²) in [5, 5.41) is 0. The maximum Gasteiger partial charge on any atom is -0.0270 e. The lowest BCUT2D eigenvalue weighted by Crippen LogP contribution is -1.69. The van der Waals surface area contributed by atoms with Gasteiger partial charge in [0.05, 0.1) is 0 Å². The first kappa shape index (κ1) is 9.22. The molecule has 1 aliphatic rings. The molecule has 0 radical (unpaired) electrons. The Morgan fingerprint density at radius 3 is 1.60 bits per heavy atom. The summed E-state index contributed by atoms with van der Waals surface area (Å²) in [5.74, 6) is 0. The largest absolute Gasteiger partial charge is 0.0692 e. The maximum absolute atomic E-state index is 2.12. The summed E-state index contributed by atoms with van der Waals surface area (Å²) in [6, 6.07) is 0. The third-order valence-electron chi connectivity index (χ3n) is 1.24. The number of rotatable bonds is 0. The Bertz CT molecular complexity index is 150. The van der Waals surface area contributed by atoms with Crippen LogP contribution < -0.4 is 0 Å². The lowest BCUT2D eigenvalue weighted by atomic mass is 10.2. The standard InChI is InChI=1S/C8H10.C2H6/c1-7(2)8-5-3-4-6-8;1-2/h3-6H,1-2H3;1-2H3. The quantitative estimate of drug-likeness (QED) is 0.478. The summed E-state index contributed by atoms with van der Waals surface area (Å²) in [6.07, 6.45) is 8.36. The van der Waals surface area contributed by atoms with E-state index >= 15 is 0 Å². The Kier molecular flexibility index (Phi) is 4.65. The lowest BCUT2D eigenvalue weighted by Gasteiger charge is -1.90. The third kappa shape index (κ3) is 2.67. The Labute approximate surface area is 64.0 Å². The molecule has 0 aromatic rings. The van der Waals surface area contributed by atoms with Crippen molar-refractivity contribution in [3.8, 4) is 0 Å². The molecule has 0 saturated heterocycles. The number of allylic oxidation sites excluding steroid dienone is 6. The van der Waals surface area contributed by atoms with E-state index in [1.807, 2.05) is 13.8 Å². The summed E-state index contributed by atoms with van der Waals surface area (Å²) < 4.78 is 0. The molecule has 0 heteroatoms. The van der Waals surface area contributed by atoms with Gasteiger partial charge in [-0.25, -0.2) is 0 Å². The molecule has 0 spiro atoms. The monoisotopic (exact) mass is 136 g/mol. The molecule has 0 atom stereocenters. The molecule has 0 nitrogen and oxygen atoms in total. The molecule has 10 heavy (non-hydrogen) atoms. The van der Waals surface area contributed by atoms with Crippen LogP contribution in [0.15, 0.2) is 35.5 Å². The van der Waals surface area contributed by atoms with E-state index in [1.165, 1.54) is 11.1 Å². The molecule has 1 rings (SSSR count). The smallest absolute Gasteiger partial charge is 0.0270 e. The Morgan fingerprint density at radius 2 is 1.40 bits per heavy atom. The Morgan fingerprint density at radius 1 is 1.00 bits per heavy atom. The van der Waals surface area contributed by atoms with Gasteiger partial charge in [0.1, 0.15) is 0 Å². The van der Waals surface area contributed by atoms with E-state index in [1.54, 1.807) is 0 Å². The second-order valence-electron chi connectivity index (χ2n) is 2.17. The van der Waals surface area contributed by atoms with E-state index in [4.69, 9.17) is 0 Å². The number of hydrogen-bond acceptors (Lipinski definition) is 0. The van der Waals surface area contributed by atoms with Crippen LogP contribution in [0.25, 0.3) is 0 Å². The van der Waals surface area contributed by atoms with Crippen molar-refractivity contribution in [2.24, 2.45) is 0 Å². The van der Waals surface area contributed by atoms with Crippen molar-refractivity contribution in [1.29, 1.82) is 0 Å². The van der Waals surface area contributed by atoms with E-state index in [0.29, 0.717) is 0 Å². The second kappa shape index (κ2) is 5.04. The van der Waals surface area contributed by atoms with Gasteiger partial charge in [-0.1, -0.05) is 43.7 Å². The second-order valence-corrected chi connectivity index (χ2v) is 2.17. The fourth-order valence-electron chi connectivity index (χ4n) is 0.707. The van der Waals surface area contributed by atoms with Crippen LogP contribution in [0.2, 0.25) is 0 Å². The van der Waals surface area contributed by atoms with Gasteiger partial charge in [-0.05, 0) is 19.4 Å². The predicted molar refractivity (Wildman–Crippen MR) is 48.0 cm³/mol. The molecule has 0 bridgehead atoms. The van der Waals surface area contributed by atoms with E-state index in [0.717, 1.165) is 0 Å². The highest BCUT2D eigenvalue weighted by molar-refractivity contribution is 5.42.